The van der Waals surface area contributed by atoms with Crippen molar-refractivity contribution in [2.45, 2.75) is 6.54 Å². The first kappa shape index (κ1) is 16.5. The molecule has 0 bridgehead atoms. The Morgan fingerprint density at radius 2 is 1.86 bits per heavy atom. The van der Waals surface area contributed by atoms with E-state index >= 15 is 0 Å². The van der Waals surface area contributed by atoms with Crippen molar-refractivity contribution in [3.63, 3.8) is 0 Å². The summed E-state index contributed by atoms with van der Waals surface area (Å²) in [6.45, 7) is -0.157. The molecule has 3 heterocycles. The number of benzene rings is 2. The predicted molar refractivity (Wildman–Crippen MR) is 106 cm³/mol. The Bertz CT molecular complexity index is 1340. The number of aromatic nitrogens is 2. The molecule has 0 radical (unpaired) electrons. The van der Waals surface area contributed by atoms with Crippen LogP contribution in [0.2, 0.25) is 0 Å². The Morgan fingerprint density at radius 1 is 1.07 bits per heavy atom. The molecule has 0 saturated heterocycles. The van der Waals surface area contributed by atoms with Crippen LogP contribution in [0.4, 0.5) is 5.13 Å². The number of hydrogen-bond donors (Lipinski definition) is 1. The van der Waals surface area contributed by atoms with E-state index in [9.17, 15) is 9.59 Å². The molecule has 1 amide bonds. The number of amides is 1. The quantitative estimate of drug-likeness (QED) is 0.498. The number of thiazole rings is 1. The third kappa shape index (κ3) is 2.89. The first-order valence-corrected chi connectivity index (χ1v) is 9.38. The van der Waals surface area contributed by atoms with Gasteiger partial charge in [-0.1, -0.05) is 30.3 Å². The standard InChI is InChI=1S/C20H13N3O4S/c24-18(10-23-14-6-2-4-8-16(14)27-20(23)25)22-19-21-13(11-28-19)17-9-12-5-1-3-7-15(12)26-17/h1-9,11H,10H2,(H,21,22,24). The fourth-order valence-corrected chi connectivity index (χ4v) is 3.73. The summed E-state index contributed by atoms with van der Waals surface area (Å²) in [4.78, 5) is 28.8. The monoisotopic (exact) mass is 391 g/mol. The van der Waals surface area contributed by atoms with Crippen molar-refractivity contribution in [3.8, 4) is 11.5 Å². The Balaban J connectivity index is 1.36. The van der Waals surface area contributed by atoms with Gasteiger partial charge in [0.1, 0.15) is 17.8 Å². The second kappa shape index (κ2) is 6.50. The van der Waals surface area contributed by atoms with Gasteiger partial charge < -0.3 is 14.2 Å². The van der Waals surface area contributed by atoms with Gasteiger partial charge in [0, 0.05) is 10.8 Å². The van der Waals surface area contributed by atoms with Crippen LogP contribution >= 0.6 is 11.3 Å². The number of furan rings is 1. The van der Waals surface area contributed by atoms with E-state index in [2.05, 4.69) is 10.3 Å². The van der Waals surface area contributed by atoms with Gasteiger partial charge in [-0.05, 0) is 24.3 Å². The molecular formula is C20H13N3O4S. The normalized spacial score (nSPS) is 11.3. The van der Waals surface area contributed by atoms with E-state index in [1.165, 1.54) is 15.9 Å². The van der Waals surface area contributed by atoms with Crippen molar-refractivity contribution in [2.24, 2.45) is 0 Å². The van der Waals surface area contributed by atoms with Crippen LogP contribution in [0.5, 0.6) is 0 Å². The van der Waals surface area contributed by atoms with E-state index in [1.807, 2.05) is 35.7 Å². The van der Waals surface area contributed by atoms with Gasteiger partial charge in [-0.25, -0.2) is 9.78 Å². The maximum Gasteiger partial charge on any atom is 0.420 e. The smallest absolute Gasteiger partial charge is 0.420 e. The van der Waals surface area contributed by atoms with E-state index in [0.29, 0.717) is 27.7 Å². The zero-order valence-electron chi connectivity index (χ0n) is 14.4. The van der Waals surface area contributed by atoms with E-state index in [4.69, 9.17) is 8.83 Å². The minimum Gasteiger partial charge on any atom is -0.454 e. The van der Waals surface area contributed by atoms with Gasteiger partial charge in [0.15, 0.2) is 16.5 Å². The van der Waals surface area contributed by atoms with Crippen molar-refractivity contribution in [2.75, 3.05) is 5.32 Å². The lowest BCUT2D eigenvalue weighted by Crippen LogP contribution is -2.24. The molecular weight excluding hydrogens is 378 g/mol. The highest BCUT2D eigenvalue weighted by Gasteiger charge is 2.15. The second-order valence-corrected chi connectivity index (χ2v) is 7.01. The number of fused-ring (bicyclic) bond motifs is 2. The molecule has 0 fully saturated rings. The van der Waals surface area contributed by atoms with Gasteiger partial charge in [0.25, 0.3) is 0 Å². The number of nitrogens with one attached hydrogen (secondary N) is 1. The molecule has 0 atom stereocenters. The number of carbonyl (C=O) groups is 1. The first-order chi connectivity index (χ1) is 13.7. The number of nitrogens with zero attached hydrogens (tertiary/aromatic N) is 2. The maximum atomic E-state index is 12.4. The molecule has 2 aromatic carbocycles. The molecule has 138 valence electrons. The summed E-state index contributed by atoms with van der Waals surface area (Å²) in [5, 5.41) is 5.95. The van der Waals surface area contributed by atoms with Crippen LogP contribution in [0.25, 0.3) is 33.5 Å². The minimum absolute atomic E-state index is 0.157. The van der Waals surface area contributed by atoms with Crippen LogP contribution < -0.4 is 11.1 Å². The molecule has 0 aliphatic heterocycles. The third-order valence-electron chi connectivity index (χ3n) is 4.30. The van der Waals surface area contributed by atoms with Crippen LogP contribution in [0.3, 0.4) is 0 Å². The van der Waals surface area contributed by atoms with E-state index in [1.54, 1.807) is 24.3 Å². The molecule has 0 aliphatic carbocycles. The van der Waals surface area contributed by atoms with E-state index < -0.39 is 5.76 Å². The molecule has 7 nitrogen and oxygen atoms in total. The van der Waals surface area contributed by atoms with Crippen LogP contribution in [0.15, 0.2) is 73.6 Å². The molecule has 0 saturated carbocycles. The molecule has 5 rings (SSSR count). The molecule has 1 N–H and O–H groups in total. The molecule has 5 aromatic rings. The highest BCUT2D eigenvalue weighted by atomic mass is 32.1. The van der Waals surface area contributed by atoms with Gasteiger partial charge in [-0.2, -0.15) is 0 Å². The van der Waals surface area contributed by atoms with Gasteiger partial charge in [-0.3, -0.25) is 9.36 Å². The fraction of sp³-hybridized carbons (Fsp3) is 0.0500. The number of para-hydroxylation sites is 3. The van der Waals surface area contributed by atoms with Gasteiger partial charge in [0.05, 0.1) is 5.52 Å². The molecule has 3 aromatic heterocycles. The largest absolute Gasteiger partial charge is 0.454 e. The number of carbonyl (C=O) groups excluding carboxylic acids is 1. The first-order valence-electron chi connectivity index (χ1n) is 8.50. The molecule has 8 heteroatoms. The lowest BCUT2D eigenvalue weighted by Gasteiger charge is -2.02. The Hall–Kier alpha value is -3.65. The minimum atomic E-state index is -0.571. The fourth-order valence-electron chi connectivity index (χ4n) is 3.02. The number of hydrogen-bond acceptors (Lipinski definition) is 6. The third-order valence-corrected chi connectivity index (χ3v) is 5.06. The van der Waals surface area contributed by atoms with Crippen molar-refractivity contribution in [1.82, 2.24) is 9.55 Å². The number of oxazole rings is 1. The molecule has 0 unspecified atom stereocenters. The van der Waals surface area contributed by atoms with Gasteiger partial charge in [0.2, 0.25) is 5.91 Å². The van der Waals surface area contributed by atoms with Crippen molar-refractivity contribution < 1.29 is 13.6 Å². The SMILES string of the molecule is O=C(Cn1c(=O)oc2ccccc21)Nc1nc(-c2cc3ccccc3o2)cs1. The summed E-state index contributed by atoms with van der Waals surface area (Å²) in [7, 11) is 0. The van der Waals surface area contributed by atoms with Crippen molar-refractivity contribution in [3.05, 3.63) is 70.5 Å². The summed E-state index contributed by atoms with van der Waals surface area (Å²) in [6, 6.07) is 16.6. The highest BCUT2D eigenvalue weighted by molar-refractivity contribution is 7.14. The summed E-state index contributed by atoms with van der Waals surface area (Å²) < 4.78 is 12.2. The van der Waals surface area contributed by atoms with E-state index in [0.717, 1.165) is 11.0 Å². The van der Waals surface area contributed by atoms with Gasteiger partial charge in [-0.15, -0.1) is 11.3 Å². The summed E-state index contributed by atoms with van der Waals surface area (Å²) in [5.74, 6) is -0.299. The lowest BCUT2D eigenvalue weighted by molar-refractivity contribution is -0.116. The summed E-state index contributed by atoms with van der Waals surface area (Å²) in [6.07, 6.45) is 0. The topological polar surface area (TPSA) is 90.3 Å². The second-order valence-electron chi connectivity index (χ2n) is 6.16. The maximum absolute atomic E-state index is 12.4. The average Bonchev–Trinajstić information content (AvgIpc) is 3.39. The van der Waals surface area contributed by atoms with Gasteiger partial charge >= 0.3 is 5.76 Å². The number of rotatable bonds is 4. The molecule has 0 spiro atoms. The highest BCUT2D eigenvalue weighted by Crippen LogP contribution is 2.30. The van der Waals surface area contributed by atoms with Crippen LogP contribution in [0, 0.1) is 0 Å². The number of anilines is 1. The zero-order valence-corrected chi connectivity index (χ0v) is 15.2. The Kier molecular flexibility index (Phi) is 3.84. The summed E-state index contributed by atoms with van der Waals surface area (Å²) in [5.41, 5.74) is 2.44. The van der Waals surface area contributed by atoms with Crippen molar-refractivity contribution in [1.29, 1.82) is 0 Å². The van der Waals surface area contributed by atoms with E-state index in [-0.39, 0.29) is 12.5 Å². The Labute approximate surface area is 161 Å². The van der Waals surface area contributed by atoms with Crippen molar-refractivity contribution >= 4 is 44.4 Å². The lowest BCUT2D eigenvalue weighted by atomic mass is 10.2. The van der Waals surface area contributed by atoms with Crippen LogP contribution in [-0.4, -0.2) is 15.5 Å². The average molecular weight is 391 g/mol. The predicted octanol–water partition coefficient (Wildman–Crippen LogP) is 4.10. The van der Waals surface area contributed by atoms with Crippen LogP contribution in [-0.2, 0) is 11.3 Å². The molecule has 28 heavy (non-hydrogen) atoms. The summed E-state index contributed by atoms with van der Waals surface area (Å²) >= 11 is 1.29. The van der Waals surface area contributed by atoms with Crippen LogP contribution in [0.1, 0.15) is 0 Å². The Morgan fingerprint density at radius 3 is 2.71 bits per heavy atom. The zero-order chi connectivity index (χ0) is 19.1. The molecule has 0 aliphatic rings.